The van der Waals surface area contributed by atoms with Crippen molar-refractivity contribution in [1.82, 2.24) is 9.88 Å². The van der Waals surface area contributed by atoms with E-state index in [1.165, 1.54) is 5.56 Å². The number of nitrogens with zero attached hydrogens (tertiary/aromatic N) is 2. The lowest BCUT2D eigenvalue weighted by molar-refractivity contribution is 0.0355. The Morgan fingerprint density at radius 2 is 2.06 bits per heavy atom. The third kappa shape index (κ3) is 4.70. The van der Waals surface area contributed by atoms with E-state index < -0.39 is 5.60 Å². The van der Waals surface area contributed by atoms with Crippen LogP contribution < -0.4 is 5.73 Å². The summed E-state index contributed by atoms with van der Waals surface area (Å²) in [5, 5.41) is 9.81. The maximum atomic E-state index is 9.81. The lowest BCUT2D eigenvalue weighted by Crippen LogP contribution is -2.45. The molecule has 0 aliphatic rings. The summed E-state index contributed by atoms with van der Waals surface area (Å²) in [6, 6.07) is 4.02. The summed E-state index contributed by atoms with van der Waals surface area (Å²) in [5.74, 6) is 0. The van der Waals surface area contributed by atoms with E-state index in [2.05, 4.69) is 9.88 Å². The summed E-state index contributed by atoms with van der Waals surface area (Å²) in [6.07, 6.45) is 4.55. The van der Waals surface area contributed by atoms with Crippen LogP contribution >= 0.6 is 0 Å². The van der Waals surface area contributed by atoms with Gasteiger partial charge in [0.25, 0.3) is 0 Å². The van der Waals surface area contributed by atoms with Gasteiger partial charge in [-0.1, -0.05) is 0 Å². The lowest BCUT2D eigenvalue weighted by atomic mass is 10.1. The summed E-state index contributed by atoms with van der Waals surface area (Å²) in [4.78, 5) is 6.07. The van der Waals surface area contributed by atoms with Crippen molar-refractivity contribution >= 4 is 0 Å². The second-order valence-electron chi connectivity index (χ2n) is 4.54. The molecule has 0 bridgehead atoms. The summed E-state index contributed by atoms with van der Waals surface area (Å²) in [6.45, 7) is 3.54. The van der Waals surface area contributed by atoms with Crippen LogP contribution in [0.3, 0.4) is 0 Å². The fourth-order valence-corrected chi connectivity index (χ4v) is 1.59. The molecule has 1 aromatic heterocycles. The highest BCUT2D eigenvalue weighted by Crippen LogP contribution is 2.04. The van der Waals surface area contributed by atoms with Crippen molar-refractivity contribution < 1.29 is 5.11 Å². The van der Waals surface area contributed by atoms with Gasteiger partial charge in [0, 0.05) is 32.0 Å². The molecular weight excluding hydrogens is 202 g/mol. The second-order valence-corrected chi connectivity index (χ2v) is 4.54. The van der Waals surface area contributed by atoms with Crippen LogP contribution in [0, 0.1) is 0 Å². The number of pyridine rings is 1. The minimum atomic E-state index is -0.799. The van der Waals surface area contributed by atoms with Gasteiger partial charge in [0.15, 0.2) is 0 Å². The van der Waals surface area contributed by atoms with E-state index in [4.69, 9.17) is 5.73 Å². The van der Waals surface area contributed by atoms with E-state index in [0.717, 1.165) is 13.0 Å². The molecule has 3 N–H and O–H groups in total. The predicted octanol–water partition coefficient (Wildman–Crippen LogP) is 0.266. The van der Waals surface area contributed by atoms with Crippen molar-refractivity contribution in [2.24, 2.45) is 5.73 Å². The Balaban J connectivity index is 2.33. The molecule has 0 radical (unpaired) electrons. The van der Waals surface area contributed by atoms with Gasteiger partial charge >= 0.3 is 0 Å². The fraction of sp³-hybridized carbons (Fsp3) is 0.583. The summed E-state index contributed by atoms with van der Waals surface area (Å²) < 4.78 is 0. The number of hydrogen-bond acceptors (Lipinski definition) is 4. The molecule has 90 valence electrons. The molecule has 0 aromatic carbocycles. The zero-order valence-corrected chi connectivity index (χ0v) is 10.1. The first kappa shape index (κ1) is 13.1. The van der Waals surface area contributed by atoms with Gasteiger partial charge in [-0.05, 0) is 38.1 Å². The van der Waals surface area contributed by atoms with E-state index >= 15 is 0 Å². The SMILES string of the molecule is CN(CCc1ccncc1)CC(C)(O)CN. The number of hydrogen-bond donors (Lipinski definition) is 2. The number of aromatic nitrogens is 1. The maximum absolute atomic E-state index is 9.81. The smallest absolute Gasteiger partial charge is 0.0867 e. The predicted molar refractivity (Wildman–Crippen MR) is 65.1 cm³/mol. The van der Waals surface area contributed by atoms with Gasteiger partial charge in [-0.15, -0.1) is 0 Å². The highest BCUT2D eigenvalue weighted by atomic mass is 16.3. The van der Waals surface area contributed by atoms with Gasteiger partial charge in [0.1, 0.15) is 0 Å². The standard InChI is InChI=1S/C12H21N3O/c1-12(16,9-13)10-15(2)8-5-11-3-6-14-7-4-11/h3-4,6-7,16H,5,8-10,13H2,1-2H3. The van der Waals surface area contributed by atoms with E-state index in [1.807, 2.05) is 19.2 Å². The lowest BCUT2D eigenvalue weighted by Gasteiger charge is -2.27. The molecule has 1 heterocycles. The van der Waals surface area contributed by atoms with Crippen LogP contribution in [0.4, 0.5) is 0 Å². The Labute approximate surface area is 97.1 Å². The number of rotatable bonds is 6. The molecule has 1 rings (SSSR count). The zero-order valence-electron chi connectivity index (χ0n) is 10.1. The average molecular weight is 223 g/mol. The first-order valence-corrected chi connectivity index (χ1v) is 5.53. The zero-order chi connectivity index (χ0) is 12.0. The topological polar surface area (TPSA) is 62.4 Å². The van der Waals surface area contributed by atoms with E-state index in [-0.39, 0.29) is 6.54 Å². The molecule has 0 amide bonds. The first-order valence-electron chi connectivity index (χ1n) is 5.53. The molecule has 0 spiro atoms. The van der Waals surface area contributed by atoms with Crippen molar-refractivity contribution in [3.8, 4) is 0 Å². The van der Waals surface area contributed by atoms with Crippen molar-refractivity contribution in [2.75, 3.05) is 26.7 Å². The van der Waals surface area contributed by atoms with Crippen molar-refractivity contribution in [3.05, 3.63) is 30.1 Å². The van der Waals surface area contributed by atoms with Crippen LogP contribution in [0.5, 0.6) is 0 Å². The Morgan fingerprint density at radius 3 is 2.62 bits per heavy atom. The quantitative estimate of drug-likeness (QED) is 0.726. The first-order chi connectivity index (χ1) is 7.53. The largest absolute Gasteiger partial charge is 0.388 e. The molecule has 1 atom stereocenters. The summed E-state index contributed by atoms with van der Waals surface area (Å²) in [5.41, 5.74) is 5.94. The monoisotopic (exact) mass is 223 g/mol. The summed E-state index contributed by atoms with van der Waals surface area (Å²) >= 11 is 0. The van der Waals surface area contributed by atoms with Crippen LogP contribution in [-0.2, 0) is 6.42 Å². The number of aliphatic hydroxyl groups is 1. The van der Waals surface area contributed by atoms with E-state index in [1.54, 1.807) is 19.3 Å². The maximum Gasteiger partial charge on any atom is 0.0867 e. The molecule has 0 aliphatic carbocycles. The normalized spacial score (nSPS) is 15.1. The highest BCUT2D eigenvalue weighted by molar-refractivity contribution is 5.09. The van der Waals surface area contributed by atoms with E-state index in [0.29, 0.717) is 6.54 Å². The van der Waals surface area contributed by atoms with Gasteiger partial charge in [-0.2, -0.15) is 0 Å². The molecule has 0 saturated heterocycles. The van der Waals surface area contributed by atoms with Gasteiger partial charge < -0.3 is 15.7 Å². The van der Waals surface area contributed by atoms with Crippen LogP contribution in [0.2, 0.25) is 0 Å². The van der Waals surface area contributed by atoms with Gasteiger partial charge in [0.05, 0.1) is 5.60 Å². The number of nitrogens with two attached hydrogens (primary N) is 1. The third-order valence-electron chi connectivity index (χ3n) is 2.58. The van der Waals surface area contributed by atoms with Crippen LogP contribution in [0.1, 0.15) is 12.5 Å². The van der Waals surface area contributed by atoms with Gasteiger partial charge in [0.2, 0.25) is 0 Å². The van der Waals surface area contributed by atoms with Gasteiger partial charge in [-0.3, -0.25) is 4.98 Å². The minimum absolute atomic E-state index is 0.284. The minimum Gasteiger partial charge on any atom is -0.388 e. The van der Waals surface area contributed by atoms with Crippen molar-refractivity contribution in [1.29, 1.82) is 0 Å². The van der Waals surface area contributed by atoms with Gasteiger partial charge in [-0.25, -0.2) is 0 Å². The second kappa shape index (κ2) is 5.94. The highest BCUT2D eigenvalue weighted by Gasteiger charge is 2.19. The molecular formula is C12H21N3O. The summed E-state index contributed by atoms with van der Waals surface area (Å²) in [7, 11) is 1.99. The molecule has 4 heteroatoms. The molecule has 1 unspecified atom stereocenters. The average Bonchev–Trinajstić information content (AvgIpc) is 2.27. The Hall–Kier alpha value is -0.970. The molecule has 16 heavy (non-hydrogen) atoms. The molecule has 0 fully saturated rings. The Morgan fingerprint density at radius 1 is 1.44 bits per heavy atom. The Bertz CT molecular complexity index is 300. The molecule has 0 aliphatic heterocycles. The fourth-order valence-electron chi connectivity index (χ4n) is 1.59. The van der Waals surface area contributed by atoms with Crippen molar-refractivity contribution in [3.63, 3.8) is 0 Å². The van der Waals surface area contributed by atoms with E-state index in [9.17, 15) is 5.11 Å². The van der Waals surface area contributed by atoms with Crippen LogP contribution in [-0.4, -0.2) is 47.3 Å². The van der Waals surface area contributed by atoms with Crippen LogP contribution in [0.25, 0.3) is 0 Å². The molecule has 0 saturated carbocycles. The van der Waals surface area contributed by atoms with Crippen LogP contribution in [0.15, 0.2) is 24.5 Å². The number of likely N-dealkylation sites (N-methyl/N-ethyl adjacent to an activating group) is 1. The Kier molecular flexibility index (Phi) is 4.86. The molecule has 1 aromatic rings. The molecule has 4 nitrogen and oxygen atoms in total. The third-order valence-corrected chi connectivity index (χ3v) is 2.58. The van der Waals surface area contributed by atoms with Crippen molar-refractivity contribution in [2.45, 2.75) is 18.9 Å².